The molecule has 0 radical (unpaired) electrons. The van der Waals surface area contributed by atoms with Gasteiger partial charge in [-0.25, -0.2) is 9.37 Å². The molecule has 1 heterocycles. The molecule has 3 aromatic rings. The van der Waals surface area contributed by atoms with E-state index in [4.69, 9.17) is 58.0 Å². The van der Waals surface area contributed by atoms with Crippen molar-refractivity contribution >= 4 is 69.8 Å². The third kappa shape index (κ3) is 6.68. The van der Waals surface area contributed by atoms with Crippen molar-refractivity contribution in [3.05, 3.63) is 115 Å². The Morgan fingerprint density at radius 2 is 1.83 bits per heavy atom. The number of halogens is 6. The lowest BCUT2D eigenvalue weighted by Crippen LogP contribution is -2.23. The average molecular weight is 591 g/mol. The minimum atomic E-state index is -0.470. The second kappa shape index (κ2) is 12.2. The minimum absolute atomic E-state index is 0.321. The molecule has 9 heteroatoms. The first kappa shape index (κ1) is 28.2. The zero-order valence-corrected chi connectivity index (χ0v) is 23.6. The Morgan fingerprint density at radius 3 is 2.49 bits per heavy atom. The van der Waals surface area contributed by atoms with Gasteiger partial charge in [0.1, 0.15) is 5.82 Å². The van der Waals surface area contributed by atoms with E-state index in [0.717, 1.165) is 11.3 Å². The number of hydrogen-bond acceptors (Lipinski definition) is 2. The fourth-order valence-electron chi connectivity index (χ4n) is 3.43. The van der Waals surface area contributed by atoms with Crippen molar-refractivity contribution in [1.82, 2.24) is 9.55 Å². The number of allylic oxidation sites excluding steroid dienone is 5. The zero-order valence-electron chi connectivity index (χ0n) is 19.0. The van der Waals surface area contributed by atoms with E-state index in [0.29, 0.717) is 48.1 Å². The van der Waals surface area contributed by atoms with E-state index < -0.39 is 5.41 Å². The average Bonchev–Trinajstić information content (AvgIpc) is 3.23. The number of imidazole rings is 1. The van der Waals surface area contributed by atoms with E-state index in [1.54, 1.807) is 24.3 Å². The van der Waals surface area contributed by atoms with Crippen LogP contribution in [0.3, 0.4) is 0 Å². The lowest BCUT2D eigenvalue weighted by molar-refractivity contribution is 0.553. The Balaban J connectivity index is 2.01. The standard InChI is InChI=1S/C26H22Cl5FN2S/c1-4-18(27)20(29)8-6-12-34-24(26(2,3)16-10-11-21(30)22(31)13-16)14-33-25(34)35-15-17-19(28)7-5-9-23(17)32/h4-11,13-14H,1,12,15H2,2-3H3/b8-6-,20-18-. The van der Waals surface area contributed by atoms with Crippen LogP contribution in [0.15, 0.2) is 82.6 Å². The lowest BCUT2D eigenvalue weighted by atomic mass is 9.81. The number of benzene rings is 2. The van der Waals surface area contributed by atoms with E-state index in [9.17, 15) is 4.39 Å². The molecule has 0 saturated carbocycles. The summed E-state index contributed by atoms with van der Waals surface area (Å²) in [6, 6.07) is 10.2. The second-order valence-corrected chi connectivity index (χ2v) is 11.1. The largest absolute Gasteiger partial charge is 0.318 e. The van der Waals surface area contributed by atoms with Gasteiger partial charge in [0.25, 0.3) is 0 Å². The first-order chi connectivity index (χ1) is 16.6. The fourth-order valence-corrected chi connectivity index (χ4v) is 5.29. The summed E-state index contributed by atoms with van der Waals surface area (Å²) in [7, 11) is 0. The molecule has 0 amide bonds. The molecule has 0 aliphatic heterocycles. The van der Waals surface area contributed by atoms with Gasteiger partial charge in [-0.15, -0.1) is 0 Å². The molecule has 2 nitrogen and oxygen atoms in total. The van der Waals surface area contributed by atoms with Gasteiger partial charge in [0, 0.05) is 34.0 Å². The number of hydrogen-bond donors (Lipinski definition) is 0. The van der Waals surface area contributed by atoms with Crippen molar-refractivity contribution in [2.45, 2.75) is 36.7 Å². The molecule has 0 N–H and O–H groups in total. The summed E-state index contributed by atoms with van der Waals surface area (Å²) in [5.74, 6) is -0.0303. The van der Waals surface area contributed by atoms with Crippen LogP contribution in [0.4, 0.5) is 4.39 Å². The van der Waals surface area contributed by atoms with Crippen molar-refractivity contribution in [3.63, 3.8) is 0 Å². The second-order valence-electron chi connectivity index (χ2n) is 8.08. The van der Waals surface area contributed by atoms with Gasteiger partial charge in [-0.1, -0.05) is 108 Å². The maximum Gasteiger partial charge on any atom is 0.168 e. The van der Waals surface area contributed by atoms with E-state index in [1.165, 1.54) is 23.9 Å². The van der Waals surface area contributed by atoms with Gasteiger partial charge in [-0.2, -0.15) is 0 Å². The van der Waals surface area contributed by atoms with Crippen LogP contribution in [0.5, 0.6) is 0 Å². The summed E-state index contributed by atoms with van der Waals surface area (Å²) in [5, 5.41) is 2.77. The maximum atomic E-state index is 14.3. The predicted molar refractivity (Wildman–Crippen MR) is 150 cm³/mol. The number of thioether (sulfide) groups is 1. The van der Waals surface area contributed by atoms with Crippen molar-refractivity contribution < 1.29 is 4.39 Å². The van der Waals surface area contributed by atoms with Gasteiger partial charge in [-0.05, 0) is 42.0 Å². The molecule has 0 aliphatic rings. The number of nitrogens with zero attached hydrogens (tertiary/aromatic N) is 2. The summed E-state index contributed by atoms with van der Waals surface area (Å²) in [6.07, 6.45) is 6.88. The lowest BCUT2D eigenvalue weighted by Gasteiger charge is -2.27. The molecule has 0 saturated heterocycles. The van der Waals surface area contributed by atoms with Crippen molar-refractivity contribution in [1.29, 1.82) is 0 Å². The fraction of sp³-hybridized carbons (Fsp3) is 0.192. The van der Waals surface area contributed by atoms with Crippen LogP contribution in [0.25, 0.3) is 0 Å². The van der Waals surface area contributed by atoms with Crippen LogP contribution in [0.1, 0.15) is 30.7 Å². The van der Waals surface area contributed by atoms with Gasteiger partial charge in [0.2, 0.25) is 0 Å². The summed E-state index contributed by atoms with van der Waals surface area (Å²) in [5.41, 5.74) is 1.86. The Hall–Kier alpha value is -1.40. The zero-order chi connectivity index (χ0) is 25.8. The highest BCUT2D eigenvalue weighted by Gasteiger charge is 2.29. The molecule has 0 atom stereocenters. The molecule has 1 aromatic heterocycles. The van der Waals surface area contributed by atoms with Crippen LogP contribution in [-0.2, 0) is 17.7 Å². The van der Waals surface area contributed by atoms with Gasteiger partial charge in [0.05, 0.1) is 26.3 Å². The Kier molecular flexibility index (Phi) is 9.84. The van der Waals surface area contributed by atoms with Crippen LogP contribution in [0.2, 0.25) is 15.1 Å². The van der Waals surface area contributed by atoms with Crippen molar-refractivity contribution in [3.8, 4) is 0 Å². The van der Waals surface area contributed by atoms with Crippen molar-refractivity contribution in [2.75, 3.05) is 0 Å². The summed E-state index contributed by atoms with van der Waals surface area (Å²) in [4.78, 5) is 4.65. The Labute approximate surface area is 234 Å². The molecule has 0 unspecified atom stereocenters. The predicted octanol–water partition coefficient (Wildman–Crippen LogP) is 10.0. The summed E-state index contributed by atoms with van der Waals surface area (Å²) >= 11 is 32.3. The molecule has 35 heavy (non-hydrogen) atoms. The van der Waals surface area contributed by atoms with Crippen LogP contribution in [-0.4, -0.2) is 9.55 Å². The molecule has 0 bridgehead atoms. The van der Waals surface area contributed by atoms with Crippen LogP contribution in [0, 0.1) is 5.82 Å². The molecule has 184 valence electrons. The SMILES string of the molecule is C=C/C(Cl)=C(Cl)\C=C/Cn1c(C(C)(C)c2ccc(Cl)c(Cl)c2)cnc1SCc1c(F)cccc1Cl. The molecular formula is C26H22Cl5FN2S. The van der Waals surface area contributed by atoms with Crippen LogP contribution >= 0.6 is 69.8 Å². The van der Waals surface area contributed by atoms with Crippen molar-refractivity contribution in [2.24, 2.45) is 0 Å². The monoisotopic (exact) mass is 588 g/mol. The quantitative estimate of drug-likeness (QED) is 0.182. The molecular weight excluding hydrogens is 569 g/mol. The third-order valence-electron chi connectivity index (χ3n) is 5.47. The molecule has 0 spiro atoms. The van der Waals surface area contributed by atoms with Gasteiger partial charge >= 0.3 is 0 Å². The summed E-state index contributed by atoms with van der Waals surface area (Å²) < 4.78 is 16.4. The van der Waals surface area contributed by atoms with Crippen LogP contribution < -0.4 is 0 Å². The molecule has 0 aliphatic carbocycles. The highest BCUT2D eigenvalue weighted by Crippen LogP contribution is 2.37. The molecule has 0 fully saturated rings. The van der Waals surface area contributed by atoms with Gasteiger partial charge < -0.3 is 4.57 Å². The maximum absolute atomic E-state index is 14.3. The van der Waals surface area contributed by atoms with E-state index >= 15 is 0 Å². The normalized spacial score (nSPS) is 12.8. The van der Waals surface area contributed by atoms with E-state index in [-0.39, 0.29) is 5.82 Å². The Bertz CT molecular complexity index is 1280. The highest BCUT2D eigenvalue weighted by atomic mass is 35.5. The molecule has 2 aromatic carbocycles. The smallest absolute Gasteiger partial charge is 0.168 e. The number of aromatic nitrogens is 2. The molecule has 3 rings (SSSR count). The summed E-state index contributed by atoms with van der Waals surface area (Å²) in [6.45, 7) is 8.23. The highest BCUT2D eigenvalue weighted by molar-refractivity contribution is 7.98. The Morgan fingerprint density at radius 1 is 1.09 bits per heavy atom. The minimum Gasteiger partial charge on any atom is -0.318 e. The van der Waals surface area contributed by atoms with Gasteiger partial charge in [0.15, 0.2) is 5.16 Å². The first-order valence-corrected chi connectivity index (χ1v) is 13.3. The third-order valence-corrected chi connectivity index (χ3v) is 8.36. The first-order valence-electron chi connectivity index (χ1n) is 10.5. The van der Waals surface area contributed by atoms with E-state index in [1.807, 2.05) is 29.0 Å². The van der Waals surface area contributed by atoms with Gasteiger partial charge in [-0.3, -0.25) is 0 Å². The van der Waals surface area contributed by atoms with E-state index in [2.05, 4.69) is 25.4 Å². The number of rotatable bonds is 9. The topological polar surface area (TPSA) is 17.8 Å².